The molecule has 0 radical (unpaired) electrons. The van der Waals surface area contributed by atoms with Gasteiger partial charge in [0.2, 0.25) is 0 Å². The van der Waals surface area contributed by atoms with Crippen LogP contribution in [0, 0.1) is 17.3 Å². The monoisotopic (exact) mass is 136 g/mol. The first-order valence-corrected chi connectivity index (χ1v) is 4.15. The SMILES string of the molecule is C1=CC2CC1CC21COC1. The Balaban J connectivity index is 1.96. The quantitative estimate of drug-likeness (QED) is 0.459. The maximum absolute atomic E-state index is 5.28. The van der Waals surface area contributed by atoms with Gasteiger partial charge in [0.1, 0.15) is 0 Å². The highest BCUT2D eigenvalue weighted by Gasteiger charge is 2.52. The minimum absolute atomic E-state index is 0.624. The van der Waals surface area contributed by atoms with Crippen LogP contribution in [0.2, 0.25) is 0 Å². The van der Waals surface area contributed by atoms with Crippen LogP contribution in [-0.2, 0) is 4.74 Å². The van der Waals surface area contributed by atoms with Crippen LogP contribution in [0.3, 0.4) is 0 Å². The molecule has 3 rings (SSSR count). The minimum Gasteiger partial charge on any atom is -0.380 e. The Morgan fingerprint density at radius 3 is 2.50 bits per heavy atom. The average molecular weight is 136 g/mol. The highest BCUT2D eigenvalue weighted by atomic mass is 16.5. The smallest absolute Gasteiger partial charge is 0.0550 e. The molecular weight excluding hydrogens is 124 g/mol. The van der Waals surface area contributed by atoms with Crippen LogP contribution in [-0.4, -0.2) is 13.2 Å². The van der Waals surface area contributed by atoms with Gasteiger partial charge in [-0.3, -0.25) is 0 Å². The van der Waals surface area contributed by atoms with E-state index >= 15 is 0 Å². The molecule has 3 aliphatic rings. The van der Waals surface area contributed by atoms with Gasteiger partial charge in [0.25, 0.3) is 0 Å². The van der Waals surface area contributed by atoms with E-state index in [0.29, 0.717) is 5.41 Å². The third-order valence-electron chi connectivity index (χ3n) is 3.41. The second-order valence-corrected chi connectivity index (χ2v) is 4.05. The van der Waals surface area contributed by atoms with Crippen LogP contribution in [0.15, 0.2) is 12.2 Å². The van der Waals surface area contributed by atoms with Crippen LogP contribution in [0.4, 0.5) is 0 Å². The van der Waals surface area contributed by atoms with Crippen LogP contribution in [0.25, 0.3) is 0 Å². The van der Waals surface area contributed by atoms with Gasteiger partial charge < -0.3 is 4.74 Å². The number of fused-ring (bicyclic) bond motifs is 3. The van der Waals surface area contributed by atoms with E-state index in [1.165, 1.54) is 12.8 Å². The Labute approximate surface area is 61.1 Å². The summed E-state index contributed by atoms with van der Waals surface area (Å²) in [6, 6.07) is 0. The van der Waals surface area contributed by atoms with Crippen molar-refractivity contribution in [3.05, 3.63) is 12.2 Å². The van der Waals surface area contributed by atoms with E-state index in [2.05, 4.69) is 12.2 Å². The molecule has 2 unspecified atom stereocenters. The van der Waals surface area contributed by atoms with Crippen molar-refractivity contribution >= 4 is 0 Å². The zero-order valence-electron chi connectivity index (χ0n) is 6.05. The Hall–Kier alpha value is -0.300. The van der Waals surface area contributed by atoms with Crippen LogP contribution >= 0.6 is 0 Å². The van der Waals surface area contributed by atoms with Gasteiger partial charge in [-0.05, 0) is 24.7 Å². The van der Waals surface area contributed by atoms with Crippen LogP contribution in [0.5, 0.6) is 0 Å². The molecule has 1 heterocycles. The molecule has 54 valence electrons. The van der Waals surface area contributed by atoms with E-state index in [1.54, 1.807) is 0 Å². The molecule has 1 saturated carbocycles. The van der Waals surface area contributed by atoms with Crippen molar-refractivity contribution in [3.8, 4) is 0 Å². The molecule has 2 bridgehead atoms. The fraction of sp³-hybridized carbons (Fsp3) is 0.778. The summed E-state index contributed by atoms with van der Waals surface area (Å²) >= 11 is 0. The van der Waals surface area contributed by atoms with Crippen molar-refractivity contribution in [1.82, 2.24) is 0 Å². The van der Waals surface area contributed by atoms with Gasteiger partial charge in [-0.25, -0.2) is 0 Å². The van der Waals surface area contributed by atoms with Crippen molar-refractivity contribution in [2.45, 2.75) is 12.8 Å². The maximum Gasteiger partial charge on any atom is 0.0550 e. The summed E-state index contributed by atoms with van der Waals surface area (Å²) in [6.07, 6.45) is 7.64. The summed E-state index contributed by atoms with van der Waals surface area (Å²) in [4.78, 5) is 0. The van der Waals surface area contributed by atoms with E-state index < -0.39 is 0 Å². The predicted molar refractivity (Wildman–Crippen MR) is 38.6 cm³/mol. The highest BCUT2D eigenvalue weighted by molar-refractivity contribution is 5.17. The second-order valence-electron chi connectivity index (χ2n) is 4.05. The van der Waals surface area contributed by atoms with E-state index in [4.69, 9.17) is 4.74 Å². The van der Waals surface area contributed by atoms with Crippen molar-refractivity contribution in [3.63, 3.8) is 0 Å². The minimum atomic E-state index is 0.624. The summed E-state index contributed by atoms with van der Waals surface area (Å²) in [6.45, 7) is 2.08. The van der Waals surface area contributed by atoms with Crippen molar-refractivity contribution in [1.29, 1.82) is 0 Å². The molecule has 2 atom stereocenters. The normalized spacial score (nSPS) is 46.4. The van der Waals surface area contributed by atoms with Gasteiger partial charge in [-0.1, -0.05) is 12.2 Å². The molecule has 1 aliphatic heterocycles. The molecule has 0 aromatic heterocycles. The molecule has 0 amide bonds. The first-order valence-electron chi connectivity index (χ1n) is 4.15. The fourth-order valence-electron chi connectivity index (χ4n) is 2.75. The topological polar surface area (TPSA) is 9.23 Å². The first-order chi connectivity index (χ1) is 4.89. The molecule has 2 fully saturated rings. The van der Waals surface area contributed by atoms with Gasteiger partial charge in [0.05, 0.1) is 13.2 Å². The molecule has 1 heteroatoms. The van der Waals surface area contributed by atoms with Gasteiger partial charge in [0, 0.05) is 5.41 Å². The van der Waals surface area contributed by atoms with Crippen molar-refractivity contribution in [2.75, 3.05) is 13.2 Å². The summed E-state index contributed by atoms with van der Waals surface area (Å²) in [5.74, 6) is 1.79. The molecule has 1 saturated heterocycles. The van der Waals surface area contributed by atoms with Crippen LogP contribution in [0.1, 0.15) is 12.8 Å². The highest BCUT2D eigenvalue weighted by Crippen LogP contribution is 2.55. The summed E-state index contributed by atoms with van der Waals surface area (Å²) in [5, 5.41) is 0. The number of hydrogen-bond donors (Lipinski definition) is 0. The lowest BCUT2D eigenvalue weighted by atomic mass is 9.74. The zero-order valence-corrected chi connectivity index (χ0v) is 6.05. The summed E-state index contributed by atoms with van der Waals surface area (Å²) in [7, 11) is 0. The third-order valence-corrected chi connectivity index (χ3v) is 3.41. The lowest BCUT2D eigenvalue weighted by molar-refractivity contribution is -0.127. The number of rotatable bonds is 0. The van der Waals surface area contributed by atoms with E-state index in [9.17, 15) is 0 Å². The van der Waals surface area contributed by atoms with Gasteiger partial charge in [-0.15, -0.1) is 0 Å². The van der Waals surface area contributed by atoms with E-state index in [-0.39, 0.29) is 0 Å². The largest absolute Gasteiger partial charge is 0.380 e. The summed E-state index contributed by atoms with van der Waals surface area (Å²) in [5.41, 5.74) is 0.624. The Kier molecular flexibility index (Phi) is 0.791. The predicted octanol–water partition coefficient (Wildman–Crippen LogP) is 1.60. The Bertz CT molecular complexity index is 191. The molecule has 0 N–H and O–H groups in total. The van der Waals surface area contributed by atoms with Gasteiger partial charge >= 0.3 is 0 Å². The Morgan fingerprint density at radius 1 is 1.30 bits per heavy atom. The molecular formula is C9H12O. The summed E-state index contributed by atoms with van der Waals surface area (Å²) < 4.78 is 5.28. The molecule has 2 aliphatic carbocycles. The third kappa shape index (κ3) is 0.450. The molecule has 10 heavy (non-hydrogen) atoms. The van der Waals surface area contributed by atoms with Crippen molar-refractivity contribution in [2.24, 2.45) is 17.3 Å². The lowest BCUT2D eigenvalue weighted by Gasteiger charge is -2.43. The van der Waals surface area contributed by atoms with Gasteiger partial charge in [0.15, 0.2) is 0 Å². The lowest BCUT2D eigenvalue weighted by Crippen LogP contribution is -2.45. The van der Waals surface area contributed by atoms with Crippen LogP contribution < -0.4 is 0 Å². The first kappa shape index (κ1) is 5.36. The second kappa shape index (κ2) is 1.48. The van der Waals surface area contributed by atoms with Gasteiger partial charge in [-0.2, -0.15) is 0 Å². The molecule has 0 aromatic rings. The van der Waals surface area contributed by atoms with E-state index in [1.807, 2.05) is 0 Å². The number of ether oxygens (including phenoxy) is 1. The Morgan fingerprint density at radius 2 is 2.20 bits per heavy atom. The zero-order chi connectivity index (χ0) is 6.60. The maximum atomic E-state index is 5.28. The van der Waals surface area contributed by atoms with Crippen molar-refractivity contribution < 1.29 is 4.74 Å². The molecule has 1 spiro atoms. The average Bonchev–Trinajstić information content (AvgIpc) is 2.40. The number of hydrogen-bond acceptors (Lipinski definition) is 1. The number of allylic oxidation sites excluding steroid dienone is 2. The standard InChI is InChI=1S/C9H12O/c1-2-8-3-7(1)4-9(8)5-10-6-9/h1-2,7-8H,3-6H2. The fourth-order valence-corrected chi connectivity index (χ4v) is 2.75. The molecule has 1 nitrogen and oxygen atoms in total. The molecule has 0 aromatic carbocycles. The van der Waals surface area contributed by atoms with E-state index in [0.717, 1.165) is 25.0 Å².